The van der Waals surface area contributed by atoms with Gasteiger partial charge in [0.1, 0.15) is 11.6 Å². The molecule has 7 nitrogen and oxygen atoms in total. The Labute approximate surface area is 143 Å². The van der Waals surface area contributed by atoms with Crippen molar-refractivity contribution < 1.29 is 14.3 Å². The van der Waals surface area contributed by atoms with E-state index in [1.807, 2.05) is 6.07 Å². The van der Waals surface area contributed by atoms with E-state index >= 15 is 0 Å². The number of hydrogen-bond donors (Lipinski definition) is 2. The molecule has 0 spiro atoms. The van der Waals surface area contributed by atoms with Gasteiger partial charge >= 0.3 is 5.97 Å². The lowest BCUT2D eigenvalue weighted by Gasteiger charge is -2.10. The quantitative estimate of drug-likeness (QED) is 0.480. The number of hydrogen-bond acceptors (Lipinski definition) is 7. The van der Waals surface area contributed by atoms with Crippen molar-refractivity contribution in [3.8, 4) is 6.07 Å². The summed E-state index contributed by atoms with van der Waals surface area (Å²) in [5, 5.41) is 15.2. The number of ether oxygens (including phenoxy) is 1. The summed E-state index contributed by atoms with van der Waals surface area (Å²) >= 11 is 1.51. The maximum absolute atomic E-state index is 12.2. The molecule has 1 aliphatic rings. The van der Waals surface area contributed by atoms with Crippen LogP contribution in [0, 0.1) is 11.3 Å². The summed E-state index contributed by atoms with van der Waals surface area (Å²) < 4.78 is 4.95. The maximum atomic E-state index is 12.2. The van der Waals surface area contributed by atoms with E-state index < -0.39 is 11.9 Å². The van der Waals surface area contributed by atoms with Gasteiger partial charge in [0.05, 0.1) is 24.4 Å². The number of nitrogens with zero attached hydrogens (tertiary/aromatic N) is 2. The largest absolute Gasteiger partial charge is 0.462 e. The van der Waals surface area contributed by atoms with Crippen molar-refractivity contribution in [3.63, 3.8) is 0 Å². The van der Waals surface area contributed by atoms with Gasteiger partial charge in [-0.1, -0.05) is 23.9 Å². The Kier molecular flexibility index (Phi) is 6.40. The Balaban J connectivity index is 2.11. The van der Waals surface area contributed by atoms with E-state index in [1.165, 1.54) is 18.0 Å². The van der Waals surface area contributed by atoms with Gasteiger partial charge in [0.2, 0.25) is 0 Å². The van der Waals surface area contributed by atoms with Gasteiger partial charge in [-0.05, 0) is 19.1 Å². The summed E-state index contributed by atoms with van der Waals surface area (Å²) in [6, 6.07) is 8.29. The number of benzene rings is 1. The summed E-state index contributed by atoms with van der Waals surface area (Å²) in [5.74, 6) is -0.284. The second-order valence-electron chi connectivity index (χ2n) is 4.57. The molecule has 1 aromatic rings. The maximum Gasteiger partial charge on any atom is 0.340 e. The molecule has 24 heavy (non-hydrogen) atoms. The van der Waals surface area contributed by atoms with Crippen molar-refractivity contribution in [2.24, 2.45) is 4.99 Å². The Morgan fingerprint density at radius 3 is 2.92 bits per heavy atom. The standard InChI is InChI=1S/C16H16N4O3S/c1-2-23-15(22)12-5-3-4-6-13(12)20-14(21)11(9-17)10-19-16-18-7-8-24-16/h3-6,10H,2,7-8H2,1H3,(H,18,19)(H,20,21)/b11-10-. The SMILES string of the molecule is CCOC(=O)c1ccccc1NC(=O)/C(C#N)=C\NC1=NCCS1. The van der Waals surface area contributed by atoms with Crippen molar-refractivity contribution in [1.29, 1.82) is 5.26 Å². The molecule has 0 aliphatic carbocycles. The number of carbonyl (C=O) groups excluding carboxylic acids is 2. The normalized spacial score (nSPS) is 13.7. The zero-order chi connectivity index (χ0) is 17.4. The smallest absolute Gasteiger partial charge is 0.340 e. The molecule has 0 unspecified atom stereocenters. The molecule has 0 radical (unpaired) electrons. The number of para-hydroxylation sites is 1. The number of amides is 1. The predicted molar refractivity (Wildman–Crippen MR) is 92.6 cm³/mol. The lowest BCUT2D eigenvalue weighted by molar-refractivity contribution is -0.112. The van der Waals surface area contributed by atoms with Crippen molar-refractivity contribution in [2.75, 3.05) is 24.2 Å². The number of esters is 1. The van der Waals surface area contributed by atoms with Crippen LogP contribution in [0.2, 0.25) is 0 Å². The number of aliphatic imine (C=N–C) groups is 1. The van der Waals surface area contributed by atoms with Crippen molar-refractivity contribution in [3.05, 3.63) is 41.6 Å². The van der Waals surface area contributed by atoms with Gasteiger partial charge in [-0.25, -0.2) is 4.79 Å². The minimum atomic E-state index is -0.620. The lowest BCUT2D eigenvalue weighted by atomic mass is 10.1. The second kappa shape index (κ2) is 8.74. The first-order valence-electron chi connectivity index (χ1n) is 7.27. The molecule has 2 N–H and O–H groups in total. The minimum absolute atomic E-state index is 0.121. The summed E-state index contributed by atoms with van der Waals surface area (Å²) in [5.41, 5.74) is 0.396. The van der Waals surface area contributed by atoms with Crippen LogP contribution in [0.1, 0.15) is 17.3 Å². The van der Waals surface area contributed by atoms with E-state index in [0.717, 1.165) is 5.75 Å². The molecule has 124 valence electrons. The third-order valence-corrected chi connectivity index (χ3v) is 3.87. The molecule has 0 saturated carbocycles. The first-order valence-corrected chi connectivity index (χ1v) is 8.25. The van der Waals surface area contributed by atoms with Crippen LogP contribution in [-0.4, -0.2) is 35.9 Å². The van der Waals surface area contributed by atoms with E-state index in [1.54, 1.807) is 31.2 Å². The molecule has 2 rings (SSSR count). The number of nitriles is 1. The zero-order valence-electron chi connectivity index (χ0n) is 13.0. The van der Waals surface area contributed by atoms with Crippen LogP contribution in [-0.2, 0) is 9.53 Å². The summed E-state index contributed by atoms with van der Waals surface area (Å²) in [6.07, 6.45) is 1.31. The monoisotopic (exact) mass is 344 g/mol. The Bertz CT molecular complexity index is 737. The Morgan fingerprint density at radius 2 is 2.25 bits per heavy atom. The zero-order valence-corrected chi connectivity index (χ0v) is 13.9. The highest BCUT2D eigenvalue weighted by Gasteiger charge is 2.16. The van der Waals surface area contributed by atoms with Crippen LogP contribution >= 0.6 is 11.8 Å². The number of rotatable bonds is 5. The van der Waals surface area contributed by atoms with Crippen LogP contribution in [0.25, 0.3) is 0 Å². The predicted octanol–water partition coefficient (Wildman–Crippen LogP) is 1.90. The number of anilines is 1. The lowest BCUT2D eigenvalue weighted by Crippen LogP contribution is -2.20. The topological polar surface area (TPSA) is 104 Å². The Hall–Kier alpha value is -2.79. The summed E-state index contributed by atoms with van der Waals surface area (Å²) in [4.78, 5) is 28.3. The molecule has 0 bridgehead atoms. The van der Waals surface area contributed by atoms with Gasteiger partial charge in [-0.15, -0.1) is 0 Å². The van der Waals surface area contributed by atoms with Gasteiger partial charge in [0.25, 0.3) is 5.91 Å². The molecule has 0 fully saturated rings. The van der Waals surface area contributed by atoms with Gasteiger partial charge < -0.3 is 15.4 Å². The average Bonchev–Trinajstić information content (AvgIpc) is 3.09. The first kappa shape index (κ1) is 17.6. The van der Waals surface area contributed by atoms with Gasteiger partial charge in [0.15, 0.2) is 5.17 Å². The number of amidine groups is 1. The molecule has 0 saturated heterocycles. The van der Waals surface area contributed by atoms with Crippen LogP contribution < -0.4 is 10.6 Å². The average molecular weight is 344 g/mol. The van der Waals surface area contributed by atoms with E-state index in [0.29, 0.717) is 11.7 Å². The summed E-state index contributed by atoms with van der Waals surface area (Å²) in [6.45, 7) is 2.64. The molecule has 8 heteroatoms. The van der Waals surface area contributed by atoms with E-state index in [-0.39, 0.29) is 23.4 Å². The fraction of sp³-hybridized carbons (Fsp3) is 0.250. The summed E-state index contributed by atoms with van der Waals surface area (Å²) in [7, 11) is 0. The van der Waals surface area contributed by atoms with E-state index in [9.17, 15) is 9.59 Å². The van der Waals surface area contributed by atoms with Crippen molar-refractivity contribution in [2.45, 2.75) is 6.92 Å². The first-order chi connectivity index (χ1) is 11.7. The number of nitrogens with one attached hydrogen (secondary N) is 2. The van der Waals surface area contributed by atoms with Crippen molar-refractivity contribution >= 4 is 34.5 Å². The third kappa shape index (κ3) is 4.60. The number of thioether (sulfide) groups is 1. The van der Waals surface area contributed by atoms with Gasteiger partial charge in [0, 0.05) is 12.0 Å². The van der Waals surface area contributed by atoms with Crippen LogP contribution in [0.5, 0.6) is 0 Å². The molecular formula is C16H16N4O3S. The highest BCUT2D eigenvalue weighted by Crippen LogP contribution is 2.17. The molecule has 0 aromatic heterocycles. The van der Waals surface area contributed by atoms with Crippen LogP contribution in [0.4, 0.5) is 5.69 Å². The molecule has 1 aliphatic heterocycles. The van der Waals surface area contributed by atoms with Crippen LogP contribution in [0.15, 0.2) is 41.0 Å². The van der Waals surface area contributed by atoms with Crippen LogP contribution in [0.3, 0.4) is 0 Å². The highest BCUT2D eigenvalue weighted by molar-refractivity contribution is 8.14. The molecule has 0 atom stereocenters. The highest BCUT2D eigenvalue weighted by atomic mass is 32.2. The van der Waals surface area contributed by atoms with E-state index in [2.05, 4.69) is 15.6 Å². The number of carbonyl (C=O) groups is 2. The molecule has 1 heterocycles. The van der Waals surface area contributed by atoms with Crippen molar-refractivity contribution in [1.82, 2.24) is 5.32 Å². The fourth-order valence-electron chi connectivity index (χ4n) is 1.87. The third-order valence-electron chi connectivity index (χ3n) is 2.96. The van der Waals surface area contributed by atoms with Gasteiger partial charge in [-0.3, -0.25) is 9.79 Å². The fourth-order valence-corrected chi connectivity index (χ4v) is 2.57. The molecule has 1 aromatic carbocycles. The van der Waals surface area contributed by atoms with Gasteiger partial charge in [-0.2, -0.15) is 5.26 Å². The second-order valence-corrected chi connectivity index (χ2v) is 5.65. The molecular weight excluding hydrogens is 328 g/mol. The molecule has 1 amide bonds. The Morgan fingerprint density at radius 1 is 1.46 bits per heavy atom. The minimum Gasteiger partial charge on any atom is -0.462 e. The van der Waals surface area contributed by atoms with E-state index in [4.69, 9.17) is 10.00 Å².